The Hall–Kier alpha value is -0.930. The van der Waals surface area contributed by atoms with E-state index in [1.165, 1.54) is 12.0 Å². The summed E-state index contributed by atoms with van der Waals surface area (Å²) in [6.07, 6.45) is 8.46. The maximum atomic E-state index is 10.7. The smallest absolute Gasteiger partial charge is 0.0675 e. The monoisotopic (exact) mass is 262 g/mol. The minimum Gasteiger partial charge on any atom is -0.390 e. The topological polar surface area (TPSA) is 36.4 Å². The standard InChI is InChI=1S/C16H26N2O/c1-3-14(2)18-11-8-16(19,9-12-18)7-6-15-5-4-10-17-13-15/h4-5,10,13-14,19H,3,6-9,11-12H2,1-2H3. The summed E-state index contributed by atoms with van der Waals surface area (Å²) in [5.41, 5.74) is 0.750. The van der Waals surface area contributed by atoms with Crippen molar-refractivity contribution in [2.75, 3.05) is 13.1 Å². The van der Waals surface area contributed by atoms with Crippen LogP contribution < -0.4 is 0 Å². The summed E-state index contributed by atoms with van der Waals surface area (Å²) >= 11 is 0. The third-order valence-corrected chi connectivity index (χ3v) is 4.54. The highest BCUT2D eigenvalue weighted by Gasteiger charge is 2.32. The van der Waals surface area contributed by atoms with Gasteiger partial charge in [-0.1, -0.05) is 13.0 Å². The van der Waals surface area contributed by atoms with Crippen molar-refractivity contribution in [3.8, 4) is 0 Å². The summed E-state index contributed by atoms with van der Waals surface area (Å²) in [7, 11) is 0. The quantitative estimate of drug-likeness (QED) is 0.886. The fourth-order valence-corrected chi connectivity index (χ4v) is 2.81. The largest absolute Gasteiger partial charge is 0.390 e. The van der Waals surface area contributed by atoms with Gasteiger partial charge in [0.1, 0.15) is 0 Å². The first kappa shape index (κ1) is 14.5. The van der Waals surface area contributed by atoms with Crippen LogP contribution in [-0.4, -0.2) is 39.7 Å². The molecule has 3 heteroatoms. The van der Waals surface area contributed by atoms with Gasteiger partial charge in [0, 0.05) is 31.5 Å². The summed E-state index contributed by atoms with van der Waals surface area (Å²) < 4.78 is 0. The van der Waals surface area contributed by atoms with E-state index in [0.29, 0.717) is 6.04 Å². The Balaban J connectivity index is 1.81. The first-order valence-corrected chi connectivity index (χ1v) is 7.48. The van der Waals surface area contributed by atoms with Gasteiger partial charge in [-0.25, -0.2) is 0 Å². The Bertz CT molecular complexity index is 372. The van der Waals surface area contributed by atoms with Crippen molar-refractivity contribution < 1.29 is 5.11 Å². The van der Waals surface area contributed by atoms with Crippen LogP contribution in [0.15, 0.2) is 24.5 Å². The van der Waals surface area contributed by atoms with E-state index < -0.39 is 5.60 Å². The highest BCUT2D eigenvalue weighted by molar-refractivity contribution is 5.09. The number of piperidine rings is 1. The van der Waals surface area contributed by atoms with E-state index in [2.05, 4.69) is 29.8 Å². The summed E-state index contributed by atoms with van der Waals surface area (Å²) in [5, 5.41) is 10.7. The number of aryl methyl sites for hydroxylation is 1. The van der Waals surface area contributed by atoms with Crippen LogP contribution in [0.5, 0.6) is 0 Å². The number of likely N-dealkylation sites (tertiary alicyclic amines) is 1. The fraction of sp³-hybridized carbons (Fsp3) is 0.688. The molecule has 1 saturated heterocycles. The van der Waals surface area contributed by atoms with Crippen molar-refractivity contribution in [1.82, 2.24) is 9.88 Å². The zero-order valence-electron chi connectivity index (χ0n) is 12.2. The predicted octanol–water partition coefficient (Wildman–Crippen LogP) is 2.64. The van der Waals surface area contributed by atoms with E-state index in [-0.39, 0.29) is 0 Å². The molecule has 0 radical (unpaired) electrons. The molecule has 106 valence electrons. The molecule has 1 N–H and O–H groups in total. The van der Waals surface area contributed by atoms with Gasteiger partial charge in [-0.3, -0.25) is 4.98 Å². The first-order chi connectivity index (χ1) is 9.13. The molecule has 0 spiro atoms. The lowest BCUT2D eigenvalue weighted by molar-refractivity contribution is -0.0352. The number of aliphatic hydroxyl groups is 1. The van der Waals surface area contributed by atoms with Gasteiger partial charge in [0.05, 0.1) is 5.60 Å². The second-order valence-corrected chi connectivity index (χ2v) is 5.88. The number of rotatable bonds is 5. The van der Waals surface area contributed by atoms with Crippen molar-refractivity contribution >= 4 is 0 Å². The maximum absolute atomic E-state index is 10.7. The summed E-state index contributed by atoms with van der Waals surface area (Å²) in [4.78, 5) is 6.63. The van der Waals surface area contributed by atoms with E-state index >= 15 is 0 Å². The molecule has 0 aliphatic carbocycles. The zero-order valence-corrected chi connectivity index (χ0v) is 12.2. The lowest BCUT2D eigenvalue weighted by atomic mass is 9.85. The summed E-state index contributed by atoms with van der Waals surface area (Å²) in [6, 6.07) is 4.69. The molecule has 3 nitrogen and oxygen atoms in total. The average Bonchev–Trinajstić information content (AvgIpc) is 2.46. The van der Waals surface area contributed by atoms with E-state index in [0.717, 1.165) is 38.8 Å². The SMILES string of the molecule is CCC(C)N1CCC(O)(CCc2cccnc2)CC1. The van der Waals surface area contributed by atoms with E-state index in [9.17, 15) is 5.11 Å². The van der Waals surface area contributed by atoms with Crippen LogP contribution in [0.25, 0.3) is 0 Å². The van der Waals surface area contributed by atoms with Crippen LogP contribution in [0.2, 0.25) is 0 Å². The zero-order chi connectivity index (χ0) is 13.7. The predicted molar refractivity (Wildman–Crippen MR) is 78.1 cm³/mol. The molecule has 1 fully saturated rings. The van der Waals surface area contributed by atoms with E-state index in [1.54, 1.807) is 6.20 Å². The Morgan fingerprint density at radius 3 is 2.74 bits per heavy atom. The van der Waals surface area contributed by atoms with Gasteiger partial charge in [-0.2, -0.15) is 0 Å². The molecule has 1 unspecified atom stereocenters. The number of pyridine rings is 1. The maximum Gasteiger partial charge on any atom is 0.0675 e. The van der Waals surface area contributed by atoms with Crippen LogP contribution in [0, 0.1) is 0 Å². The number of hydrogen-bond acceptors (Lipinski definition) is 3. The van der Waals surface area contributed by atoms with Gasteiger partial charge in [0.2, 0.25) is 0 Å². The lowest BCUT2D eigenvalue weighted by Crippen LogP contribution is -2.47. The van der Waals surface area contributed by atoms with Crippen molar-refractivity contribution in [1.29, 1.82) is 0 Å². The van der Waals surface area contributed by atoms with Gasteiger partial charge in [-0.15, -0.1) is 0 Å². The van der Waals surface area contributed by atoms with Crippen LogP contribution in [-0.2, 0) is 6.42 Å². The molecular formula is C16H26N2O. The molecule has 1 aliphatic heterocycles. The van der Waals surface area contributed by atoms with Gasteiger partial charge in [-0.05, 0) is 50.7 Å². The molecule has 0 aromatic carbocycles. The van der Waals surface area contributed by atoms with Gasteiger partial charge in [0.25, 0.3) is 0 Å². The van der Waals surface area contributed by atoms with Crippen LogP contribution in [0.4, 0.5) is 0 Å². The van der Waals surface area contributed by atoms with Crippen molar-refractivity contribution in [2.24, 2.45) is 0 Å². The Morgan fingerprint density at radius 2 is 2.16 bits per heavy atom. The first-order valence-electron chi connectivity index (χ1n) is 7.48. The number of hydrogen-bond donors (Lipinski definition) is 1. The fourth-order valence-electron chi connectivity index (χ4n) is 2.81. The highest BCUT2D eigenvalue weighted by Crippen LogP contribution is 2.28. The van der Waals surface area contributed by atoms with Crippen molar-refractivity contribution in [2.45, 2.75) is 57.6 Å². The van der Waals surface area contributed by atoms with Gasteiger partial charge in [0.15, 0.2) is 0 Å². The van der Waals surface area contributed by atoms with E-state index in [1.807, 2.05) is 12.3 Å². The Kier molecular flexibility index (Phi) is 4.94. The second-order valence-electron chi connectivity index (χ2n) is 5.88. The number of nitrogens with zero attached hydrogens (tertiary/aromatic N) is 2. The van der Waals surface area contributed by atoms with Crippen molar-refractivity contribution in [3.63, 3.8) is 0 Å². The minimum atomic E-state index is -0.472. The highest BCUT2D eigenvalue weighted by atomic mass is 16.3. The second kappa shape index (κ2) is 6.49. The van der Waals surface area contributed by atoms with Gasteiger partial charge >= 0.3 is 0 Å². The third-order valence-electron chi connectivity index (χ3n) is 4.54. The Morgan fingerprint density at radius 1 is 1.42 bits per heavy atom. The molecule has 1 aromatic rings. The summed E-state index contributed by atoms with van der Waals surface area (Å²) in [5.74, 6) is 0. The molecule has 0 bridgehead atoms. The third kappa shape index (κ3) is 4.02. The summed E-state index contributed by atoms with van der Waals surface area (Å²) in [6.45, 7) is 6.56. The minimum absolute atomic E-state index is 0.472. The molecular weight excluding hydrogens is 236 g/mol. The number of aromatic nitrogens is 1. The van der Waals surface area contributed by atoms with Crippen molar-refractivity contribution in [3.05, 3.63) is 30.1 Å². The molecule has 1 aliphatic rings. The van der Waals surface area contributed by atoms with Gasteiger partial charge < -0.3 is 10.0 Å². The molecule has 0 amide bonds. The Labute approximate surface area is 116 Å². The molecule has 2 heterocycles. The van der Waals surface area contributed by atoms with Crippen LogP contribution in [0.1, 0.15) is 45.1 Å². The molecule has 19 heavy (non-hydrogen) atoms. The van der Waals surface area contributed by atoms with E-state index in [4.69, 9.17) is 0 Å². The molecule has 0 saturated carbocycles. The lowest BCUT2D eigenvalue weighted by Gasteiger charge is -2.40. The molecule has 2 rings (SSSR count). The van der Waals surface area contributed by atoms with Crippen LogP contribution in [0.3, 0.4) is 0 Å². The van der Waals surface area contributed by atoms with Crippen LogP contribution >= 0.6 is 0 Å². The normalized spacial score (nSPS) is 21.2. The molecule has 1 aromatic heterocycles. The molecule has 1 atom stereocenters. The average molecular weight is 262 g/mol.